The zero-order valence-corrected chi connectivity index (χ0v) is 13.7. The van der Waals surface area contributed by atoms with E-state index in [1.165, 1.54) is 18.4 Å². The zero-order chi connectivity index (χ0) is 16.1. The summed E-state index contributed by atoms with van der Waals surface area (Å²) in [6.45, 7) is 3.08. The number of nitrogens with zero attached hydrogens (tertiary/aromatic N) is 5. The van der Waals surface area contributed by atoms with Crippen molar-refractivity contribution in [1.29, 1.82) is 0 Å². The maximum atomic E-state index is 5.21. The number of rotatable bonds is 5. The standard InChI is InChI=1S/C17H23N5O/c1-21(16-6-7-18-13-20-16)15-4-3-9-22(12-15)11-14-5-8-19-17(10-14)23-2/h5-8,10,13,15H,3-4,9,11-12H2,1-2H3. The summed E-state index contributed by atoms with van der Waals surface area (Å²) in [5.74, 6) is 1.66. The van der Waals surface area contributed by atoms with Crippen LogP contribution in [0.15, 0.2) is 36.9 Å². The van der Waals surface area contributed by atoms with Crippen LogP contribution in [-0.2, 0) is 6.54 Å². The zero-order valence-electron chi connectivity index (χ0n) is 13.7. The molecule has 0 saturated carbocycles. The van der Waals surface area contributed by atoms with Gasteiger partial charge >= 0.3 is 0 Å². The molecule has 0 N–H and O–H groups in total. The van der Waals surface area contributed by atoms with E-state index in [4.69, 9.17) is 4.74 Å². The van der Waals surface area contributed by atoms with Crippen LogP contribution in [0.4, 0.5) is 5.82 Å². The van der Waals surface area contributed by atoms with Crippen LogP contribution in [0, 0.1) is 0 Å². The maximum Gasteiger partial charge on any atom is 0.213 e. The van der Waals surface area contributed by atoms with Crippen LogP contribution in [0.2, 0.25) is 0 Å². The molecule has 122 valence electrons. The number of aromatic nitrogens is 3. The van der Waals surface area contributed by atoms with Gasteiger partial charge in [0.05, 0.1) is 7.11 Å². The molecule has 6 nitrogen and oxygen atoms in total. The van der Waals surface area contributed by atoms with E-state index in [9.17, 15) is 0 Å². The predicted octanol–water partition coefficient (Wildman–Crippen LogP) is 1.98. The van der Waals surface area contributed by atoms with Crippen molar-refractivity contribution < 1.29 is 4.74 Å². The molecule has 0 spiro atoms. The third-order valence-electron chi connectivity index (χ3n) is 4.37. The molecule has 3 heterocycles. The lowest BCUT2D eigenvalue weighted by Gasteiger charge is -2.38. The van der Waals surface area contributed by atoms with Gasteiger partial charge in [0.25, 0.3) is 0 Å². The second-order valence-corrected chi connectivity index (χ2v) is 5.92. The first-order valence-corrected chi connectivity index (χ1v) is 7.96. The topological polar surface area (TPSA) is 54.4 Å². The molecule has 1 unspecified atom stereocenters. The fraction of sp³-hybridized carbons (Fsp3) is 0.471. The van der Waals surface area contributed by atoms with Gasteiger partial charge in [-0.25, -0.2) is 15.0 Å². The molecule has 1 saturated heterocycles. The molecular formula is C17H23N5O. The highest BCUT2D eigenvalue weighted by Crippen LogP contribution is 2.21. The number of pyridine rings is 1. The fourth-order valence-corrected chi connectivity index (χ4v) is 3.09. The van der Waals surface area contributed by atoms with E-state index in [1.54, 1.807) is 19.6 Å². The Bertz CT molecular complexity index is 621. The van der Waals surface area contributed by atoms with E-state index >= 15 is 0 Å². The normalized spacial score (nSPS) is 18.6. The minimum absolute atomic E-state index is 0.474. The highest BCUT2D eigenvalue weighted by atomic mass is 16.5. The Morgan fingerprint density at radius 3 is 3.00 bits per heavy atom. The molecule has 0 aliphatic carbocycles. The number of hydrogen-bond acceptors (Lipinski definition) is 6. The largest absolute Gasteiger partial charge is 0.481 e. The molecule has 2 aromatic rings. The Kier molecular flexibility index (Phi) is 5.02. The van der Waals surface area contributed by atoms with Crippen LogP contribution < -0.4 is 9.64 Å². The summed E-state index contributed by atoms with van der Waals surface area (Å²) in [6, 6.07) is 6.51. The second kappa shape index (κ2) is 7.37. The number of likely N-dealkylation sites (tertiary alicyclic amines) is 1. The van der Waals surface area contributed by atoms with Gasteiger partial charge in [-0.3, -0.25) is 4.90 Å². The summed E-state index contributed by atoms with van der Waals surface area (Å²) < 4.78 is 5.21. The van der Waals surface area contributed by atoms with Crippen molar-refractivity contribution in [2.24, 2.45) is 0 Å². The molecule has 6 heteroatoms. The molecular weight excluding hydrogens is 290 g/mol. The van der Waals surface area contributed by atoms with Gasteiger partial charge in [-0.2, -0.15) is 0 Å². The minimum atomic E-state index is 0.474. The summed E-state index contributed by atoms with van der Waals surface area (Å²) >= 11 is 0. The van der Waals surface area contributed by atoms with Gasteiger partial charge in [0.15, 0.2) is 0 Å². The van der Waals surface area contributed by atoms with Gasteiger partial charge in [0.1, 0.15) is 12.1 Å². The van der Waals surface area contributed by atoms with Crippen LogP contribution >= 0.6 is 0 Å². The van der Waals surface area contributed by atoms with Gasteiger partial charge in [0.2, 0.25) is 5.88 Å². The maximum absolute atomic E-state index is 5.21. The SMILES string of the molecule is COc1cc(CN2CCCC(N(C)c3ccncn3)C2)ccn1. The number of likely N-dealkylation sites (N-methyl/N-ethyl adjacent to an activating group) is 1. The van der Waals surface area contributed by atoms with Gasteiger partial charge in [-0.1, -0.05) is 0 Å². The van der Waals surface area contributed by atoms with Crippen LogP contribution in [-0.4, -0.2) is 53.1 Å². The molecule has 0 aromatic carbocycles. The van der Waals surface area contributed by atoms with Crippen LogP contribution in [0.5, 0.6) is 5.88 Å². The summed E-state index contributed by atoms with van der Waals surface area (Å²) in [6.07, 6.45) is 7.60. The van der Waals surface area contributed by atoms with Gasteiger partial charge in [-0.15, -0.1) is 0 Å². The smallest absolute Gasteiger partial charge is 0.213 e. The molecule has 0 bridgehead atoms. The Balaban J connectivity index is 1.64. The van der Waals surface area contributed by atoms with Crippen molar-refractivity contribution in [2.45, 2.75) is 25.4 Å². The monoisotopic (exact) mass is 313 g/mol. The molecule has 1 aliphatic heterocycles. The Morgan fingerprint density at radius 1 is 1.30 bits per heavy atom. The molecule has 1 aliphatic rings. The average molecular weight is 313 g/mol. The van der Waals surface area contributed by atoms with Crippen LogP contribution in [0.3, 0.4) is 0 Å². The lowest BCUT2D eigenvalue weighted by Crippen LogP contribution is -2.46. The van der Waals surface area contributed by atoms with Crippen molar-refractivity contribution in [3.8, 4) is 5.88 Å². The first kappa shape index (κ1) is 15.7. The summed E-state index contributed by atoms with van der Waals surface area (Å²) in [5, 5.41) is 0. The average Bonchev–Trinajstić information content (AvgIpc) is 2.62. The third kappa shape index (κ3) is 3.96. The molecule has 1 atom stereocenters. The first-order valence-electron chi connectivity index (χ1n) is 7.96. The van der Waals surface area contributed by atoms with Gasteiger partial charge in [-0.05, 0) is 37.1 Å². The Hall–Kier alpha value is -2.21. The number of hydrogen-bond donors (Lipinski definition) is 0. The molecule has 0 amide bonds. The van der Waals surface area contributed by atoms with E-state index in [0.717, 1.165) is 25.5 Å². The summed E-state index contributed by atoms with van der Waals surface area (Å²) in [5.41, 5.74) is 1.24. The van der Waals surface area contributed by atoms with E-state index in [2.05, 4.69) is 37.9 Å². The quantitative estimate of drug-likeness (QED) is 0.841. The second-order valence-electron chi connectivity index (χ2n) is 5.92. The Morgan fingerprint density at radius 2 is 2.22 bits per heavy atom. The highest BCUT2D eigenvalue weighted by molar-refractivity contribution is 5.37. The van der Waals surface area contributed by atoms with E-state index in [0.29, 0.717) is 11.9 Å². The van der Waals surface area contributed by atoms with E-state index in [-0.39, 0.29) is 0 Å². The lowest BCUT2D eigenvalue weighted by molar-refractivity contribution is 0.198. The number of methoxy groups -OCH3 is 1. The fourth-order valence-electron chi connectivity index (χ4n) is 3.09. The number of anilines is 1. The molecule has 2 aromatic heterocycles. The van der Waals surface area contributed by atoms with Crippen LogP contribution in [0.25, 0.3) is 0 Å². The van der Waals surface area contributed by atoms with Gasteiger partial charge in [0, 0.05) is 44.6 Å². The van der Waals surface area contributed by atoms with Crippen LogP contribution in [0.1, 0.15) is 18.4 Å². The molecule has 3 rings (SSSR count). The van der Waals surface area contributed by atoms with Crippen molar-refractivity contribution in [1.82, 2.24) is 19.9 Å². The molecule has 23 heavy (non-hydrogen) atoms. The van der Waals surface area contributed by atoms with Crippen molar-refractivity contribution >= 4 is 5.82 Å². The van der Waals surface area contributed by atoms with E-state index < -0.39 is 0 Å². The first-order chi connectivity index (χ1) is 11.3. The lowest BCUT2D eigenvalue weighted by atomic mass is 10.0. The summed E-state index contributed by atoms with van der Waals surface area (Å²) in [7, 11) is 3.77. The minimum Gasteiger partial charge on any atom is -0.481 e. The summed E-state index contributed by atoms with van der Waals surface area (Å²) in [4.78, 5) is 17.3. The van der Waals surface area contributed by atoms with Gasteiger partial charge < -0.3 is 9.64 Å². The van der Waals surface area contributed by atoms with Crippen molar-refractivity contribution in [3.63, 3.8) is 0 Å². The van der Waals surface area contributed by atoms with E-state index in [1.807, 2.05) is 18.3 Å². The van der Waals surface area contributed by atoms with Crippen molar-refractivity contribution in [3.05, 3.63) is 42.5 Å². The predicted molar refractivity (Wildman–Crippen MR) is 89.5 cm³/mol. The van der Waals surface area contributed by atoms with Crippen molar-refractivity contribution in [2.75, 3.05) is 32.1 Å². The Labute approximate surface area is 137 Å². The molecule has 1 fully saturated rings. The number of ether oxygens (including phenoxy) is 1. The highest BCUT2D eigenvalue weighted by Gasteiger charge is 2.24. The molecule has 0 radical (unpaired) electrons. The number of piperidine rings is 1. The third-order valence-corrected chi connectivity index (χ3v) is 4.37.